The van der Waals surface area contributed by atoms with Crippen molar-refractivity contribution in [2.75, 3.05) is 11.9 Å². The van der Waals surface area contributed by atoms with Crippen LogP contribution in [0.3, 0.4) is 0 Å². The first-order valence-corrected chi connectivity index (χ1v) is 7.42. The fourth-order valence-electron chi connectivity index (χ4n) is 2.26. The topological polar surface area (TPSA) is 64.1 Å². The molecule has 3 rings (SSSR count). The highest BCUT2D eigenvalue weighted by Crippen LogP contribution is 2.31. The Morgan fingerprint density at radius 3 is 2.70 bits per heavy atom. The van der Waals surface area contributed by atoms with Crippen molar-refractivity contribution in [1.82, 2.24) is 9.97 Å². The van der Waals surface area contributed by atoms with Gasteiger partial charge in [-0.1, -0.05) is 24.3 Å². The van der Waals surface area contributed by atoms with E-state index in [0.717, 1.165) is 16.6 Å². The SMILES string of the molecule is CC(=O)CCOc1cccc2ncnc(Nc3ccccc3)c12. The number of hydrogen-bond donors (Lipinski definition) is 1. The van der Waals surface area contributed by atoms with E-state index >= 15 is 0 Å². The molecule has 0 aliphatic carbocycles. The Balaban J connectivity index is 1.95. The van der Waals surface area contributed by atoms with Gasteiger partial charge in [0.2, 0.25) is 0 Å². The van der Waals surface area contributed by atoms with E-state index in [-0.39, 0.29) is 5.78 Å². The summed E-state index contributed by atoms with van der Waals surface area (Å²) in [5.74, 6) is 1.45. The molecule has 5 nitrogen and oxygen atoms in total. The molecule has 23 heavy (non-hydrogen) atoms. The molecular weight excluding hydrogens is 290 g/mol. The number of carbonyl (C=O) groups excluding carboxylic acids is 1. The summed E-state index contributed by atoms with van der Waals surface area (Å²) in [7, 11) is 0. The zero-order valence-corrected chi connectivity index (χ0v) is 12.8. The first kappa shape index (κ1) is 15.0. The molecule has 0 unspecified atom stereocenters. The highest BCUT2D eigenvalue weighted by Gasteiger charge is 2.10. The molecule has 0 amide bonds. The highest BCUT2D eigenvalue weighted by molar-refractivity contribution is 5.95. The van der Waals surface area contributed by atoms with Crippen molar-refractivity contribution < 1.29 is 9.53 Å². The molecule has 0 spiro atoms. The van der Waals surface area contributed by atoms with Crippen LogP contribution >= 0.6 is 0 Å². The van der Waals surface area contributed by atoms with Crippen LogP contribution in [-0.2, 0) is 4.79 Å². The maximum atomic E-state index is 11.1. The molecule has 1 heterocycles. The number of rotatable bonds is 6. The minimum atomic E-state index is 0.101. The summed E-state index contributed by atoms with van der Waals surface area (Å²) in [6.45, 7) is 1.89. The number of benzene rings is 2. The molecular formula is C18H17N3O2. The van der Waals surface area contributed by atoms with Gasteiger partial charge in [-0.15, -0.1) is 0 Å². The molecule has 0 bridgehead atoms. The predicted molar refractivity (Wildman–Crippen MR) is 90.1 cm³/mol. The minimum Gasteiger partial charge on any atom is -0.492 e. The van der Waals surface area contributed by atoms with Crippen LogP contribution in [0.4, 0.5) is 11.5 Å². The van der Waals surface area contributed by atoms with Gasteiger partial charge in [0.05, 0.1) is 17.5 Å². The van der Waals surface area contributed by atoms with Crippen molar-refractivity contribution in [2.45, 2.75) is 13.3 Å². The normalized spacial score (nSPS) is 10.5. The molecule has 5 heteroatoms. The van der Waals surface area contributed by atoms with Crippen molar-refractivity contribution >= 4 is 28.2 Å². The van der Waals surface area contributed by atoms with Gasteiger partial charge in [0.15, 0.2) is 0 Å². The number of hydrogen-bond acceptors (Lipinski definition) is 5. The molecule has 0 radical (unpaired) electrons. The number of ether oxygens (including phenoxy) is 1. The van der Waals surface area contributed by atoms with Crippen LogP contribution in [0.25, 0.3) is 10.9 Å². The number of aromatic nitrogens is 2. The van der Waals surface area contributed by atoms with Gasteiger partial charge >= 0.3 is 0 Å². The number of Topliss-reactive ketones (excluding diaryl/α,β-unsaturated/α-hetero) is 1. The number of ketones is 1. The van der Waals surface area contributed by atoms with E-state index in [1.165, 1.54) is 6.33 Å². The van der Waals surface area contributed by atoms with Crippen molar-refractivity contribution in [2.24, 2.45) is 0 Å². The molecule has 1 aromatic heterocycles. The number of fused-ring (bicyclic) bond motifs is 1. The third-order valence-corrected chi connectivity index (χ3v) is 3.37. The van der Waals surface area contributed by atoms with E-state index in [4.69, 9.17) is 4.74 Å². The molecule has 2 aromatic carbocycles. The van der Waals surface area contributed by atoms with Gasteiger partial charge in [0.25, 0.3) is 0 Å². The molecule has 0 saturated carbocycles. The lowest BCUT2D eigenvalue weighted by atomic mass is 10.2. The highest BCUT2D eigenvalue weighted by atomic mass is 16.5. The Labute approximate surface area is 134 Å². The fraction of sp³-hybridized carbons (Fsp3) is 0.167. The van der Waals surface area contributed by atoms with Crippen LogP contribution in [0.5, 0.6) is 5.75 Å². The standard InChI is InChI=1S/C18H17N3O2/c1-13(22)10-11-23-16-9-5-8-15-17(16)18(20-12-19-15)21-14-6-3-2-4-7-14/h2-9,12H,10-11H2,1H3,(H,19,20,21). The predicted octanol–water partition coefficient (Wildman–Crippen LogP) is 3.73. The zero-order valence-electron chi connectivity index (χ0n) is 12.8. The summed E-state index contributed by atoms with van der Waals surface area (Å²) in [6, 6.07) is 15.4. The molecule has 0 fully saturated rings. The Hall–Kier alpha value is -2.95. The van der Waals surface area contributed by atoms with Gasteiger partial charge in [0, 0.05) is 12.1 Å². The quantitative estimate of drug-likeness (QED) is 0.751. The van der Waals surface area contributed by atoms with Crippen molar-refractivity contribution in [1.29, 1.82) is 0 Å². The largest absolute Gasteiger partial charge is 0.492 e. The van der Waals surface area contributed by atoms with Crippen molar-refractivity contribution in [3.8, 4) is 5.75 Å². The van der Waals surface area contributed by atoms with Crippen LogP contribution in [0.15, 0.2) is 54.9 Å². The summed E-state index contributed by atoms with van der Waals surface area (Å²) in [5.41, 5.74) is 1.73. The minimum absolute atomic E-state index is 0.101. The summed E-state index contributed by atoms with van der Waals surface area (Å²) in [5, 5.41) is 4.10. The number of para-hydroxylation sites is 1. The summed E-state index contributed by atoms with van der Waals surface area (Å²) in [6.07, 6.45) is 1.90. The van der Waals surface area contributed by atoms with Gasteiger partial charge in [-0.3, -0.25) is 4.79 Å². The monoisotopic (exact) mass is 307 g/mol. The van der Waals surface area contributed by atoms with Crippen LogP contribution in [0, 0.1) is 0 Å². The van der Waals surface area contributed by atoms with Gasteiger partial charge < -0.3 is 10.1 Å². The Morgan fingerprint density at radius 2 is 1.91 bits per heavy atom. The molecule has 0 saturated heterocycles. The second kappa shape index (κ2) is 6.87. The Morgan fingerprint density at radius 1 is 1.09 bits per heavy atom. The Kier molecular flexibility index (Phi) is 4.47. The average molecular weight is 307 g/mol. The third-order valence-electron chi connectivity index (χ3n) is 3.37. The molecule has 0 aliphatic rings. The van der Waals surface area contributed by atoms with E-state index in [2.05, 4.69) is 15.3 Å². The van der Waals surface area contributed by atoms with E-state index in [0.29, 0.717) is 24.6 Å². The third kappa shape index (κ3) is 3.63. The smallest absolute Gasteiger partial charge is 0.145 e. The zero-order chi connectivity index (χ0) is 16.1. The lowest BCUT2D eigenvalue weighted by molar-refractivity contribution is -0.117. The number of nitrogens with zero attached hydrogens (tertiary/aromatic N) is 2. The van der Waals surface area contributed by atoms with E-state index in [9.17, 15) is 4.79 Å². The molecule has 0 atom stereocenters. The van der Waals surface area contributed by atoms with Crippen LogP contribution in [0.2, 0.25) is 0 Å². The number of nitrogens with one attached hydrogen (secondary N) is 1. The Bertz CT molecular complexity index is 814. The van der Waals surface area contributed by atoms with Gasteiger partial charge in [0.1, 0.15) is 23.7 Å². The number of anilines is 2. The van der Waals surface area contributed by atoms with Gasteiger partial charge in [-0.25, -0.2) is 9.97 Å². The molecule has 3 aromatic rings. The van der Waals surface area contributed by atoms with Crippen molar-refractivity contribution in [3.63, 3.8) is 0 Å². The van der Waals surface area contributed by atoms with E-state index in [1.54, 1.807) is 6.92 Å². The lowest BCUT2D eigenvalue weighted by Crippen LogP contribution is -2.04. The average Bonchev–Trinajstić information content (AvgIpc) is 2.56. The fourth-order valence-corrected chi connectivity index (χ4v) is 2.26. The van der Waals surface area contributed by atoms with E-state index in [1.807, 2.05) is 48.5 Å². The lowest BCUT2D eigenvalue weighted by Gasteiger charge is -2.12. The van der Waals surface area contributed by atoms with Crippen LogP contribution < -0.4 is 10.1 Å². The number of carbonyl (C=O) groups is 1. The van der Waals surface area contributed by atoms with Crippen LogP contribution in [0.1, 0.15) is 13.3 Å². The van der Waals surface area contributed by atoms with Gasteiger partial charge in [-0.2, -0.15) is 0 Å². The first-order valence-electron chi connectivity index (χ1n) is 7.42. The van der Waals surface area contributed by atoms with E-state index < -0.39 is 0 Å². The second-order valence-electron chi connectivity index (χ2n) is 5.16. The summed E-state index contributed by atoms with van der Waals surface area (Å²) < 4.78 is 5.77. The van der Waals surface area contributed by atoms with Crippen molar-refractivity contribution in [3.05, 3.63) is 54.9 Å². The van der Waals surface area contributed by atoms with Crippen LogP contribution in [-0.4, -0.2) is 22.4 Å². The maximum absolute atomic E-state index is 11.1. The summed E-state index contributed by atoms with van der Waals surface area (Å²) in [4.78, 5) is 19.7. The molecule has 0 aliphatic heterocycles. The van der Waals surface area contributed by atoms with Gasteiger partial charge in [-0.05, 0) is 31.2 Å². The first-order chi connectivity index (χ1) is 11.2. The molecule has 116 valence electrons. The summed E-state index contributed by atoms with van der Waals surface area (Å²) >= 11 is 0. The molecule has 1 N–H and O–H groups in total. The second-order valence-corrected chi connectivity index (χ2v) is 5.16. The maximum Gasteiger partial charge on any atom is 0.145 e.